The fourth-order valence-corrected chi connectivity index (χ4v) is 1.41. The van der Waals surface area contributed by atoms with Crippen LogP contribution >= 0.6 is 0 Å². The molecular formula is C20H37N3O4. The van der Waals surface area contributed by atoms with Crippen molar-refractivity contribution in [2.45, 2.75) is 68.2 Å². The van der Waals surface area contributed by atoms with Crippen molar-refractivity contribution in [2.24, 2.45) is 11.5 Å². The molecule has 1 amide bonds. The van der Waals surface area contributed by atoms with E-state index in [2.05, 4.69) is 18.8 Å². The van der Waals surface area contributed by atoms with E-state index in [1.165, 1.54) is 26.3 Å². The zero-order chi connectivity index (χ0) is 22.0. The first-order valence-electron chi connectivity index (χ1n) is 9.14. The molecule has 1 aromatic rings. The Hall–Kier alpha value is -2.57. The molecular weight excluding hydrogens is 346 g/mol. The molecule has 0 saturated carbocycles. The molecule has 0 bridgehead atoms. The van der Waals surface area contributed by atoms with Crippen LogP contribution in [0.25, 0.3) is 5.70 Å². The first-order chi connectivity index (χ1) is 12.6. The lowest BCUT2D eigenvalue weighted by molar-refractivity contribution is -0.115. The van der Waals surface area contributed by atoms with Gasteiger partial charge < -0.3 is 26.1 Å². The molecule has 7 nitrogen and oxygen atoms in total. The molecule has 156 valence electrons. The van der Waals surface area contributed by atoms with Gasteiger partial charge in [0.05, 0.1) is 17.1 Å². The normalized spacial score (nSPS) is 9.78. The van der Waals surface area contributed by atoms with Crippen LogP contribution in [0.5, 0.6) is 5.75 Å². The summed E-state index contributed by atoms with van der Waals surface area (Å²) >= 11 is 0. The Morgan fingerprint density at radius 1 is 1.11 bits per heavy atom. The molecule has 0 aliphatic rings. The van der Waals surface area contributed by atoms with Crippen LogP contribution in [-0.2, 0) is 9.53 Å². The molecule has 0 saturated heterocycles. The van der Waals surface area contributed by atoms with Gasteiger partial charge in [-0.25, -0.2) is 9.78 Å². The third kappa shape index (κ3) is 16.6. The smallest absolute Gasteiger partial charge is 0.404 e. The number of hydrogen-bond donors (Lipinski definition) is 3. The number of aromatic hydroxyl groups is 1. The molecule has 1 rings (SSSR count). The van der Waals surface area contributed by atoms with E-state index in [1.54, 1.807) is 13.0 Å². The van der Waals surface area contributed by atoms with Crippen LogP contribution in [0.4, 0.5) is 4.79 Å². The number of carbonyl (C=O) groups is 2. The minimum Gasteiger partial charge on any atom is -0.506 e. The molecule has 0 atom stereocenters. The number of Topliss-reactive ketones (excluding diaryl/α,β-unsaturated/α-hetero) is 1. The minimum absolute atomic E-state index is 0.0409. The molecule has 0 aliphatic heterocycles. The fraction of sp³-hybridized carbons (Fsp3) is 0.550. The molecule has 0 spiro atoms. The summed E-state index contributed by atoms with van der Waals surface area (Å²) in [6.45, 7) is 14.9. The van der Waals surface area contributed by atoms with E-state index < -0.39 is 6.09 Å². The number of carbonyl (C=O) groups excluding carboxylic acids is 2. The second-order valence-electron chi connectivity index (χ2n) is 5.39. The summed E-state index contributed by atoms with van der Waals surface area (Å²) in [6.07, 6.45) is 1.02. The van der Waals surface area contributed by atoms with Gasteiger partial charge in [0.2, 0.25) is 0 Å². The molecule has 7 heteroatoms. The summed E-state index contributed by atoms with van der Waals surface area (Å²) < 4.78 is 4.72. The molecule has 27 heavy (non-hydrogen) atoms. The van der Waals surface area contributed by atoms with Gasteiger partial charge in [0.15, 0.2) is 0 Å². The van der Waals surface area contributed by atoms with Crippen LogP contribution in [0.15, 0.2) is 17.7 Å². The lowest BCUT2D eigenvalue weighted by Crippen LogP contribution is -2.16. The Morgan fingerprint density at radius 2 is 1.56 bits per heavy atom. The summed E-state index contributed by atoms with van der Waals surface area (Å²) in [5.41, 5.74) is 13.0. The van der Waals surface area contributed by atoms with E-state index in [1.807, 2.05) is 20.8 Å². The van der Waals surface area contributed by atoms with Crippen molar-refractivity contribution in [2.75, 3.05) is 6.61 Å². The predicted molar refractivity (Wildman–Crippen MR) is 111 cm³/mol. The van der Waals surface area contributed by atoms with E-state index in [-0.39, 0.29) is 18.1 Å². The van der Waals surface area contributed by atoms with Crippen molar-refractivity contribution in [1.29, 1.82) is 0 Å². The number of nitrogens with zero attached hydrogens (tertiary/aromatic N) is 1. The van der Waals surface area contributed by atoms with Gasteiger partial charge in [-0.1, -0.05) is 41.0 Å². The third-order valence-electron chi connectivity index (χ3n) is 2.53. The quantitative estimate of drug-likeness (QED) is 0.710. The Balaban J connectivity index is -0.000000541. The lowest BCUT2D eigenvalue weighted by Gasteiger charge is -2.10. The number of hydrogen-bond acceptors (Lipinski definition) is 6. The van der Waals surface area contributed by atoms with Crippen LogP contribution < -0.4 is 11.5 Å². The van der Waals surface area contributed by atoms with E-state index in [9.17, 15) is 14.7 Å². The van der Waals surface area contributed by atoms with Crippen molar-refractivity contribution >= 4 is 17.6 Å². The summed E-state index contributed by atoms with van der Waals surface area (Å²) in [6, 6.07) is 3.13. The highest BCUT2D eigenvalue weighted by molar-refractivity contribution is 5.72. The maximum atomic E-state index is 10.6. The monoisotopic (exact) mass is 383 g/mol. The van der Waals surface area contributed by atoms with Crippen molar-refractivity contribution in [1.82, 2.24) is 4.98 Å². The summed E-state index contributed by atoms with van der Waals surface area (Å²) in [5, 5.41) is 9.39. The molecule has 1 heterocycles. The minimum atomic E-state index is -0.844. The lowest BCUT2D eigenvalue weighted by atomic mass is 10.1. The third-order valence-corrected chi connectivity index (χ3v) is 2.53. The average Bonchev–Trinajstić information content (AvgIpc) is 2.59. The highest BCUT2D eigenvalue weighted by Gasteiger charge is 2.09. The van der Waals surface area contributed by atoms with Crippen molar-refractivity contribution < 1.29 is 19.4 Å². The molecule has 1 aromatic heterocycles. The van der Waals surface area contributed by atoms with Gasteiger partial charge in [0.1, 0.15) is 18.1 Å². The highest BCUT2D eigenvalue weighted by Crippen LogP contribution is 2.19. The van der Waals surface area contributed by atoms with Gasteiger partial charge in [-0.3, -0.25) is 0 Å². The first kappa shape index (κ1) is 29.2. The number of aryl methyl sites for hydroxylation is 1. The standard InChI is InChI=1S/C12H17N3O3.C3H6O.C3H8.C2H6/c1-3-8(6-18-12(14)17)11(13)9-4-5-10(16)7(2)15-9;1-3(2)4;1-3-2;1-2/h4-5,16H,3,6,13H2,1-2H3,(H2,14,17);1-2H3;3H2,1-2H3;1-2H3/b11-8+;;;. The summed E-state index contributed by atoms with van der Waals surface area (Å²) in [7, 11) is 0. The van der Waals surface area contributed by atoms with E-state index in [0.29, 0.717) is 23.5 Å². The van der Waals surface area contributed by atoms with Crippen LogP contribution in [0.1, 0.15) is 72.7 Å². The number of amides is 1. The zero-order valence-electron chi connectivity index (χ0n) is 18.0. The number of ketones is 1. The summed E-state index contributed by atoms with van der Waals surface area (Å²) in [4.78, 5) is 24.2. The Bertz CT molecular complexity index is 581. The van der Waals surface area contributed by atoms with Gasteiger partial charge in [-0.15, -0.1) is 0 Å². The number of ether oxygens (including phenoxy) is 1. The van der Waals surface area contributed by atoms with Crippen LogP contribution in [0.3, 0.4) is 0 Å². The van der Waals surface area contributed by atoms with Crippen LogP contribution in [0.2, 0.25) is 0 Å². The van der Waals surface area contributed by atoms with Gasteiger partial charge in [0, 0.05) is 0 Å². The Morgan fingerprint density at radius 3 is 1.89 bits per heavy atom. The number of rotatable bonds is 4. The maximum Gasteiger partial charge on any atom is 0.404 e. The van der Waals surface area contributed by atoms with Crippen LogP contribution in [0, 0.1) is 6.92 Å². The topological polar surface area (TPSA) is 129 Å². The number of pyridine rings is 1. The fourth-order valence-electron chi connectivity index (χ4n) is 1.41. The molecule has 0 aliphatic carbocycles. The van der Waals surface area contributed by atoms with E-state index in [0.717, 1.165) is 5.57 Å². The van der Waals surface area contributed by atoms with Crippen molar-refractivity contribution in [3.8, 4) is 5.75 Å². The Labute approximate surface area is 163 Å². The second-order valence-corrected chi connectivity index (χ2v) is 5.39. The highest BCUT2D eigenvalue weighted by atomic mass is 16.5. The predicted octanol–water partition coefficient (Wildman–Crippen LogP) is 4.31. The molecule has 0 unspecified atom stereocenters. The van der Waals surface area contributed by atoms with Crippen LogP contribution in [-0.4, -0.2) is 28.6 Å². The van der Waals surface area contributed by atoms with Gasteiger partial charge in [0.25, 0.3) is 0 Å². The summed E-state index contributed by atoms with van der Waals surface area (Å²) in [5.74, 6) is 0.276. The molecule has 0 aromatic carbocycles. The van der Waals surface area contributed by atoms with Crippen molar-refractivity contribution in [3.05, 3.63) is 29.1 Å². The zero-order valence-corrected chi connectivity index (χ0v) is 18.0. The Kier molecular flexibility index (Phi) is 19.7. The number of nitrogens with two attached hydrogens (primary N) is 2. The maximum absolute atomic E-state index is 10.6. The van der Waals surface area contributed by atoms with Gasteiger partial charge in [-0.05, 0) is 44.9 Å². The number of primary amides is 1. The van der Waals surface area contributed by atoms with Crippen molar-refractivity contribution in [3.63, 3.8) is 0 Å². The van der Waals surface area contributed by atoms with Gasteiger partial charge >= 0.3 is 6.09 Å². The second kappa shape index (κ2) is 18.2. The van der Waals surface area contributed by atoms with Gasteiger partial charge in [-0.2, -0.15) is 0 Å². The largest absolute Gasteiger partial charge is 0.506 e. The molecule has 0 fully saturated rings. The average molecular weight is 384 g/mol. The molecule has 0 radical (unpaired) electrons. The molecule has 5 N–H and O–H groups in total. The van der Waals surface area contributed by atoms with E-state index >= 15 is 0 Å². The SMILES string of the molecule is CC.CC(C)=O.CC/C(COC(N)=O)=C(\N)c1ccc(O)c(C)n1.CCC. The number of aromatic nitrogens is 1. The van der Waals surface area contributed by atoms with E-state index in [4.69, 9.17) is 16.2 Å². The first-order valence-corrected chi connectivity index (χ1v) is 9.14.